The van der Waals surface area contributed by atoms with Gasteiger partial charge in [-0.3, -0.25) is 4.79 Å². The number of amides is 1. The van der Waals surface area contributed by atoms with Crippen LogP contribution in [0, 0.1) is 0 Å². The molecule has 0 fully saturated rings. The van der Waals surface area contributed by atoms with Crippen LogP contribution >= 0.6 is 0 Å². The third-order valence-electron chi connectivity index (χ3n) is 5.60. The molecule has 0 bridgehead atoms. The number of hydrogen-bond donors (Lipinski definition) is 1. The molecule has 1 aliphatic carbocycles. The van der Waals surface area contributed by atoms with Crippen LogP contribution in [-0.4, -0.2) is 26.9 Å². The Morgan fingerprint density at radius 3 is 2.27 bits per heavy atom. The molecule has 0 atom stereocenters. The minimum Gasteiger partial charge on any atom is -0.452 e. The number of primary sulfonamides is 1. The van der Waals surface area contributed by atoms with Crippen LogP contribution < -0.4 is 10.0 Å². The van der Waals surface area contributed by atoms with E-state index in [2.05, 4.69) is 0 Å². The molecule has 8 heteroatoms. The molecule has 2 N–H and O–H groups in total. The van der Waals surface area contributed by atoms with Crippen LogP contribution in [0.15, 0.2) is 77.7 Å². The molecule has 0 saturated carbocycles. The van der Waals surface area contributed by atoms with Crippen LogP contribution in [0.1, 0.15) is 33.5 Å². The molecule has 4 rings (SSSR count). The van der Waals surface area contributed by atoms with E-state index in [1.807, 2.05) is 60.7 Å². The predicted molar refractivity (Wildman–Crippen MR) is 124 cm³/mol. The third kappa shape index (κ3) is 5.30. The van der Waals surface area contributed by atoms with E-state index in [4.69, 9.17) is 9.88 Å². The molecule has 0 aliphatic heterocycles. The highest BCUT2D eigenvalue weighted by atomic mass is 32.2. The van der Waals surface area contributed by atoms with Gasteiger partial charge in [0.25, 0.3) is 5.91 Å². The standard InChI is InChI=1S/C25H24N2O5S/c26-33(30,31)23-15-20(14-19-10-7-13-22(19)23)25(29)32-17-24(28)27(21-11-5-2-6-12-21)16-18-8-3-1-4-9-18/h1-6,8-9,11-12,14-15H,7,10,13,16-17H2,(H2,26,30,31). The van der Waals surface area contributed by atoms with Crippen molar-refractivity contribution in [1.29, 1.82) is 0 Å². The lowest BCUT2D eigenvalue weighted by atomic mass is 10.1. The second-order valence-corrected chi connectivity index (χ2v) is 9.42. The van der Waals surface area contributed by atoms with Crippen molar-refractivity contribution >= 4 is 27.6 Å². The molecular weight excluding hydrogens is 440 g/mol. The normalized spacial score (nSPS) is 12.8. The summed E-state index contributed by atoms with van der Waals surface area (Å²) >= 11 is 0. The van der Waals surface area contributed by atoms with Crippen LogP contribution in [0.25, 0.3) is 0 Å². The van der Waals surface area contributed by atoms with Crippen LogP contribution in [-0.2, 0) is 38.9 Å². The summed E-state index contributed by atoms with van der Waals surface area (Å²) in [6, 6.07) is 21.5. The number of sulfonamides is 1. The summed E-state index contributed by atoms with van der Waals surface area (Å²) in [5.41, 5.74) is 3.11. The average molecular weight is 465 g/mol. The molecule has 0 spiro atoms. The van der Waals surface area contributed by atoms with Gasteiger partial charge in [-0.05, 0) is 60.2 Å². The van der Waals surface area contributed by atoms with Gasteiger partial charge in [0.1, 0.15) is 0 Å². The number of fused-ring (bicyclic) bond motifs is 1. The molecule has 0 saturated heterocycles. The van der Waals surface area contributed by atoms with Crippen LogP contribution in [0.2, 0.25) is 0 Å². The fourth-order valence-corrected chi connectivity index (χ4v) is 4.89. The quantitative estimate of drug-likeness (QED) is 0.541. The monoisotopic (exact) mass is 464 g/mol. The third-order valence-corrected chi connectivity index (χ3v) is 6.57. The van der Waals surface area contributed by atoms with E-state index < -0.39 is 28.5 Å². The molecular formula is C25H24N2O5S. The Kier molecular flexibility index (Phi) is 6.57. The number of nitrogens with zero attached hydrogens (tertiary/aromatic N) is 1. The number of esters is 1. The van der Waals surface area contributed by atoms with Crippen molar-refractivity contribution in [2.75, 3.05) is 11.5 Å². The zero-order valence-corrected chi connectivity index (χ0v) is 18.8. The van der Waals surface area contributed by atoms with Crippen molar-refractivity contribution in [2.24, 2.45) is 5.14 Å². The lowest BCUT2D eigenvalue weighted by Crippen LogP contribution is -2.34. The average Bonchev–Trinajstić information content (AvgIpc) is 3.29. The summed E-state index contributed by atoms with van der Waals surface area (Å²) in [6.45, 7) is -0.169. The van der Waals surface area contributed by atoms with Gasteiger partial charge < -0.3 is 9.64 Å². The number of benzene rings is 3. The summed E-state index contributed by atoms with van der Waals surface area (Å²) in [4.78, 5) is 27.2. The molecule has 170 valence electrons. The van der Waals surface area contributed by atoms with Gasteiger partial charge in [-0.15, -0.1) is 0 Å². The van der Waals surface area contributed by atoms with Gasteiger partial charge in [0.05, 0.1) is 17.0 Å². The topological polar surface area (TPSA) is 107 Å². The van der Waals surface area contributed by atoms with Crippen molar-refractivity contribution in [3.8, 4) is 0 Å². The Morgan fingerprint density at radius 1 is 0.939 bits per heavy atom. The van der Waals surface area contributed by atoms with E-state index in [1.54, 1.807) is 11.0 Å². The number of rotatable bonds is 7. The van der Waals surface area contributed by atoms with E-state index in [0.717, 1.165) is 17.5 Å². The highest BCUT2D eigenvalue weighted by Gasteiger charge is 2.25. The van der Waals surface area contributed by atoms with Crippen LogP contribution in [0.4, 0.5) is 5.69 Å². The molecule has 7 nitrogen and oxygen atoms in total. The Hall–Kier alpha value is -3.49. The minimum atomic E-state index is -3.98. The summed E-state index contributed by atoms with van der Waals surface area (Å²) in [5.74, 6) is -1.16. The maximum atomic E-state index is 13.0. The van der Waals surface area contributed by atoms with Crippen molar-refractivity contribution in [3.63, 3.8) is 0 Å². The molecule has 0 aromatic heterocycles. The number of nitrogens with two attached hydrogens (primary N) is 1. The molecule has 3 aromatic rings. The van der Waals surface area contributed by atoms with Gasteiger partial charge >= 0.3 is 5.97 Å². The predicted octanol–water partition coefficient (Wildman–Crippen LogP) is 3.21. The number of ether oxygens (including phenoxy) is 1. The molecule has 3 aromatic carbocycles. The first-order valence-electron chi connectivity index (χ1n) is 10.6. The number of para-hydroxylation sites is 1. The Morgan fingerprint density at radius 2 is 1.61 bits per heavy atom. The smallest absolute Gasteiger partial charge is 0.338 e. The zero-order chi connectivity index (χ0) is 23.4. The van der Waals surface area contributed by atoms with Gasteiger partial charge in [-0.1, -0.05) is 48.5 Å². The number of aryl methyl sites for hydroxylation is 1. The molecule has 1 amide bonds. The zero-order valence-electron chi connectivity index (χ0n) is 17.9. The molecule has 33 heavy (non-hydrogen) atoms. The second-order valence-electron chi connectivity index (χ2n) is 7.89. The number of hydrogen-bond acceptors (Lipinski definition) is 5. The molecule has 0 heterocycles. The fourth-order valence-electron chi connectivity index (χ4n) is 4.02. The van der Waals surface area contributed by atoms with E-state index in [1.165, 1.54) is 6.07 Å². The SMILES string of the molecule is NS(=O)(=O)c1cc(C(=O)OCC(=O)N(Cc2ccccc2)c2ccccc2)cc2c1CCC2. The van der Waals surface area contributed by atoms with Gasteiger partial charge in [0.15, 0.2) is 6.61 Å². The lowest BCUT2D eigenvalue weighted by Gasteiger charge is -2.23. The van der Waals surface area contributed by atoms with E-state index in [-0.39, 0.29) is 10.5 Å². The highest BCUT2D eigenvalue weighted by molar-refractivity contribution is 7.89. The number of anilines is 1. The van der Waals surface area contributed by atoms with Gasteiger partial charge in [0.2, 0.25) is 10.0 Å². The Bertz CT molecular complexity index is 1270. The first-order chi connectivity index (χ1) is 15.8. The van der Waals surface area contributed by atoms with Crippen molar-refractivity contribution in [3.05, 3.63) is 95.1 Å². The van der Waals surface area contributed by atoms with E-state index in [0.29, 0.717) is 30.6 Å². The maximum absolute atomic E-state index is 13.0. The maximum Gasteiger partial charge on any atom is 0.338 e. The minimum absolute atomic E-state index is 0.0502. The fraction of sp³-hybridized carbons (Fsp3) is 0.200. The van der Waals surface area contributed by atoms with E-state index >= 15 is 0 Å². The summed E-state index contributed by atoms with van der Waals surface area (Å²) in [5, 5.41) is 5.36. The summed E-state index contributed by atoms with van der Waals surface area (Å²) in [6.07, 6.45) is 2.05. The van der Waals surface area contributed by atoms with Crippen LogP contribution in [0.5, 0.6) is 0 Å². The summed E-state index contributed by atoms with van der Waals surface area (Å²) in [7, 11) is -3.98. The Labute approximate surface area is 192 Å². The van der Waals surface area contributed by atoms with Gasteiger partial charge in [0, 0.05) is 5.69 Å². The first kappa shape index (κ1) is 22.7. The first-order valence-corrected chi connectivity index (χ1v) is 12.1. The number of carbonyl (C=O) groups excluding carboxylic acids is 2. The van der Waals surface area contributed by atoms with E-state index in [9.17, 15) is 18.0 Å². The summed E-state index contributed by atoms with van der Waals surface area (Å²) < 4.78 is 29.3. The Balaban J connectivity index is 1.52. The molecule has 1 aliphatic rings. The number of carbonyl (C=O) groups is 2. The van der Waals surface area contributed by atoms with Crippen molar-refractivity contribution < 1.29 is 22.7 Å². The highest BCUT2D eigenvalue weighted by Crippen LogP contribution is 2.29. The van der Waals surface area contributed by atoms with Gasteiger partial charge in [-0.2, -0.15) is 0 Å². The lowest BCUT2D eigenvalue weighted by molar-refractivity contribution is -0.121. The molecule has 0 radical (unpaired) electrons. The largest absolute Gasteiger partial charge is 0.452 e. The van der Waals surface area contributed by atoms with Crippen molar-refractivity contribution in [2.45, 2.75) is 30.7 Å². The molecule has 0 unspecified atom stereocenters. The van der Waals surface area contributed by atoms with Crippen LogP contribution in [0.3, 0.4) is 0 Å². The van der Waals surface area contributed by atoms with Gasteiger partial charge in [-0.25, -0.2) is 18.4 Å². The second kappa shape index (κ2) is 9.56. The van der Waals surface area contributed by atoms with Crippen molar-refractivity contribution in [1.82, 2.24) is 0 Å².